The first-order valence-corrected chi connectivity index (χ1v) is 4.82. The molecule has 0 radical (unpaired) electrons. The van der Waals surface area contributed by atoms with E-state index in [-0.39, 0.29) is 12.5 Å². The molecular formula is C12H11NO2. The molecule has 2 N–H and O–H groups in total. The highest BCUT2D eigenvalue weighted by Crippen LogP contribution is 2.16. The van der Waals surface area contributed by atoms with Crippen LogP contribution in [0.25, 0.3) is 0 Å². The zero-order valence-corrected chi connectivity index (χ0v) is 8.21. The van der Waals surface area contributed by atoms with Gasteiger partial charge in [0.25, 0.3) is 5.91 Å². The van der Waals surface area contributed by atoms with Crippen molar-refractivity contribution >= 4 is 5.91 Å². The fourth-order valence-corrected chi connectivity index (χ4v) is 1.51. The molecule has 15 heavy (non-hydrogen) atoms. The monoisotopic (exact) mass is 201 g/mol. The molecule has 0 unspecified atom stereocenters. The number of hydrogen-bond acceptors (Lipinski definition) is 2. The van der Waals surface area contributed by atoms with Gasteiger partial charge in [0, 0.05) is 24.1 Å². The number of fused-ring (bicyclic) bond motifs is 1. The van der Waals surface area contributed by atoms with E-state index < -0.39 is 0 Å². The van der Waals surface area contributed by atoms with Gasteiger partial charge in [-0.25, -0.2) is 0 Å². The first-order chi connectivity index (χ1) is 7.31. The standard InChI is InChI=1S/C12H11NO2/c14-6-2-1-3-9-4-5-10-8-13-12(15)11(10)7-9/h4-5,7,14H,2,6,8H2,(H,13,15). The maximum atomic E-state index is 11.3. The maximum absolute atomic E-state index is 11.3. The van der Waals surface area contributed by atoms with Crippen molar-refractivity contribution in [3.05, 3.63) is 34.9 Å². The van der Waals surface area contributed by atoms with Crippen LogP contribution in [-0.2, 0) is 6.54 Å². The summed E-state index contributed by atoms with van der Waals surface area (Å²) in [4.78, 5) is 11.3. The number of benzene rings is 1. The highest BCUT2D eigenvalue weighted by atomic mass is 16.2. The van der Waals surface area contributed by atoms with Crippen molar-refractivity contribution in [3.63, 3.8) is 0 Å². The van der Waals surface area contributed by atoms with E-state index in [1.54, 1.807) is 6.07 Å². The minimum atomic E-state index is -0.0317. The molecule has 0 saturated carbocycles. The summed E-state index contributed by atoms with van der Waals surface area (Å²) in [7, 11) is 0. The molecule has 3 nitrogen and oxygen atoms in total. The molecule has 1 aliphatic rings. The van der Waals surface area contributed by atoms with Crippen LogP contribution < -0.4 is 5.32 Å². The molecule has 0 saturated heterocycles. The highest BCUT2D eigenvalue weighted by molar-refractivity contribution is 5.98. The van der Waals surface area contributed by atoms with Gasteiger partial charge in [-0.05, 0) is 17.7 Å². The summed E-state index contributed by atoms with van der Waals surface area (Å²) in [5.41, 5.74) is 2.55. The zero-order valence-electron chi connectivity index (χ0n) is 8.21. The predicted molar refractivity (Wildman–Crippen MR) is 56.2 cm³/mol. The van der Waals surface area contributed by atoms with Gasteiger partial charge in [-0.3, -0.25) is 4.79 Å². The van der Waals surface area contributed by atoms with Crippen LogP contribution in [0.5, 0.6) is 0 Å². The lowest BCUT2D eigenvalue weighted by atomic mass is 10.1. The summed E-state index contributed by atoms with van der Waals surface area (Å²) in [6.07, 6.45) is 0.462. The van der Waals surface area contributed by atoms with Crippen LogP contribution in [0, 0.1) is 11.8 Å². The van der Waals surface area contributed by atoms with Gasteiger partial charge in [-0.2, -0.15) is 0 Å². The molecule has 76 valence electrons. The second-order valence-electron chi connectivity index (χ2n) is 3.33. The summed E-state index contributed by atoms with van der Waals surface area (Å²) >= 11 is 0. The molecule has 1 aliphatic heterocycles. The Hall–Kier alpha value is -1.79. The van der Waals surface area contributed by atoms with Crippen molar-refractivity contribution in [2.24, 2.45) is 0 Å². The Kier molecular flexibility index (Phi) is 2.70. The van der Waals surface area contributed by atoms with Gasteiger partial charge in [-0.15, -0.1) is 0 Å². The van der Waals surface area contributed by atoms with E-state index in [0.29, 0.717) is 18.5 Å². The Balaban J connectivity index is 2.27. The first kappa shape index (κ1) is 9.75. The third-order valence-electron chi connectivity index (χ3n) is 2.26. The van der Waals surface area contributed by atoms with E-state index >= 15 is 0 Å². The molecule has 0 aromatic heterocycles. The Bertz CT molecular complexity index is 454. The summed E-state index contributed by atoms with van der Waals surface area (Å²) < 4.78 is 0. The van der Waals surface area contributed by atoms with Gasteiger partial charge in [0.2, 0.25) is 0 Å². The minimum Gasteiger partial charge on any atom is -0.395 e. The Morgan fingerprint density at radius 1 is 1.47 bits per heavy atom. The molecule has 3 heteroatoms. The van der Waals surface area contributed by atoms with E-state index in [4.69, 9.17) is 5.11 Å². The highest BCUT2D eigenvalue weighted by Gasteiger charge is 2.17. The predicted octanol–water partition coefficient (Wildman–Crippen LogP) is 0.664. The van der Waals surface area contributed by atoms with Crippen LogP contribution in [0.15, 0.2) is 18.2 Å². The molecule has 0 fully saturated rings. The molecule has 0 bridgehead atoms. The van der Waals surface area contributed by atoms with E-state index in [1.165, 1.54) is 0 Å². The van der Waals surface area contributed by atoms with Gasteiger partial charge in [-0.1, -0.05) is 17.9 Å². The van der Waals surface area contributed by atoms with E-state index in [1.807, 2.05) is 12.1 Å². The molecule has 0 spiro atoms. The van der Waals surface area contributed by atoms with Crippen molar-refractivity contribution in [3.8, 4) is 11.8 Å². The fraction of sp³-hybridized carbons (Fsp3) is 0.250. The molecule has 0 atom stereocenters. The number of aliphatic hydroxyl groups excluding tert-OH is 1. The van der Waals surface area contributed by atoms with Gasteiger partial charge in [0.15, 0.2) is 0 Å². The summed E-state index contributed by atoms with van der Waals surface area (Å²) in [5.74, 6) is 5.70. The van der Waals surface area contributed by atoms with E-state index in [9.17, 15) is 4.79 Å². The van der Waals surface area contributed by atoms with Crippen molar-refractivity contribution in [2.45, 2.75) is 13.0 Å². The lowest BCUT2D eigenvalue weighted by molar-refractivity contribution is 0.0965. The van der Waals surface area contributed by atoms with Crippen molar-refractivity contribution in [2.75, 3.05) is 6.61 Å². The zero-order chi connectivity index (χ0) is 10.7. The average Bonchev–Trinajstić information content (AvgIpc) is 2.61. The fourth-order valence-electron chi connectivity index (χ4n) is 1.51. The maximum Gasteiger partial charge on any atom is 0.251 e. The van der Waals surface area contributed by atoms with E-state index in [2.05, 4.69) is 17.2 Å². The Morgan fingerprint density at radius 2 is 2.33 bits per heavy atom. The topological polar surface area (TPSA) is 49.3 Å². The lowest BCUT2D eigenvalue weighted by Crippen LogP contribution is -2.12. The van der Waals surface area contributed by atoms with Crippen LogP contribution >= 0.6 is 0 Å². The van der Waals surface area contributed by atoms with Crippen LogP contribution in [0.2, 0.25) is 0 Å². The Labute approximate surface area is 88.1 Å². The van der Waals surface area contributed by atoms with Crippen LogP contribution in [0.4, 0.5) is 0 Å². The summed E-state index contributed by atoms with van der Waals surface area (Å²) in [5, 5.41) is 11.3. The number of rotatable bonds is 1. The third kappa shape index (κ3) is 2.00. The first-order valence-electron chi connectivity index (χ1n) is 4.82. The number of aliphatic hydroxyl groups is 1. The van der Waals surface area contributed by atoms with Gasteiger partial charge in [0.05, 0.1) is 6.61 Å². The number of hydrogen-bond donors (Lipinski definition) is 2. The Morgan fingerprint density at radius 3 is 3.13 bits per heavy atom. The normalized spacial score (nSPS) is 12.7. The molecule has 0 aliphatic carbocycles. The number of amides is 1. The molecular weight excluding hydrogens is 190 g/mol. The van der Waals surface area contributed by atoms with Crippen LogP contribution in [0.1, 0.15) is 27.9 Å². The van der Waals surface area contributed by atoms with Gasteiger partial charge in [0.1, 0.15) is 0 Å². The summed E-state index contributed by atoms with van der Waals surface area (Å²) in [6.45, 7) is 0.678. The molecule has 1 amide bonds. The van der Waals surface area contributed by atoms with Crippen molar-refractivity contribution < 1.29 is 9.90 Å². The number of carbonyl (C=O) groups is 1. The smallest absolute Gasteiger partial charge is 0.251 e. The number of nitrogens with one attached hydrogen (secondary N) is 1. The molecule has 1 aromatic rings. The molecule has 1 heterocycles. The lowest BCUT2D eigenvalue weighted by Gasteiger charge is -1.95. The number of carbonyl (C=O) groups excluding carboxylic acids is 1. The van der Waals surface area contributed by atoms with Crippen LogP contribution in [0.3, 0.4) is 0 Å². The van der Waals surface area contributed by atoms with Gasteiger partial charge >= 0.3 is 0 Å². The van der Waals surface area contributed by atoms with Gasteiger partial charge < -0.3 is 10.4 Å². The SMILES string of the molecule is O=C1NCc2ccc(C#CCCO)cc21. The molecule has 2 rings (SSSR count). The second kappa shape index (κ2) is 4.16. The minimum absolute atomic E-state index is 0.0317. The quantitative estimate of drug-likeness (QED) is 0.656. The summed E-state index contributed by atoms with van der Waals surface area (Å²) in [6, 6.07) is 5.60. The third-order valence-corrected chi connectivity index (χ3v) is 2.26. The largest absolute Gasteiger partial charge is 0.395 e. The van der Waals surface area contributed by atoms with E-state index in [0.717, 1.165) is 11.1 Å². The average molecular weight is 201 g/mol. The van der Waals surface area contributed by atoms with Crippen LogP contribution in [-0.4, -0.2) is 17.6 Å². The molecule has 1 aromatic carbocycles. The second-order valence-corrected chi connectivity index (χ2v) is 3.33. The van der Waals surface area contributed by atoms with Crippen molar-refractivity contribution in [1.82, 2.24) is 5.32 Å². The van der Waals surface area contributed by atoms with Crippen molar-refractivity contribution in [1.29, 1.82) is 0 Å².